The highest BCUT2D eigenvalue weighted by atomic mass is 35.5. The second kappa shape index (κ2) is 9.09. The van der Waals surface area contributed by atoms with Crippen LogP contribution < -0.4 is 5.32 Å². The van der Waals surface area contributed by atoms with E-state index in [4.69, 9.17) is 16.3 Å². The summed E-state index contributed by atoms with van der Waals surface area (Å²) in [6.07, 6.45) is -1.57. The number of rotatable bonds is 6. The van der Waals surface area contributed by atoms with Crippen molar-refractivity contribution in [1.29, 1.82) is 5.26 Å². The van der Waals surface area contributed by atoms with Crippen molar-refractivity contribution >= 4 is 29.6 Å². The number of nitrogens with one attached hydrogen (secondary N) is 1. The number of aryl methyl sites for hydroxylation is 1. The Bertz CT molecular complexity index is 1140. The summed E-state index contributed by atoms with van der Waals surface area (Å²) in [6.45, 7) is 2.82. The molecule has 2 aromatic rings. The zero-order valence-electron chi connectivity index (χ0n) is 17.2. The van der Waals surface area contributed by atoms with Crippen molar-refractivity contribution in [3.8, 4) is 11.8 Å². The van der Waals surface area contributed by atoms with Crippen LogP contribution in [0.4, 0.5) is 13.2 Å². The lowest BCUT2D eigenvalue weighted by Crippen LogP contribution is -2.30. The number of esters is 1. The van der Waals surface area contributed by atoms with E-state index in [1.54, 1.807) is 30.6 Å². The summed E-state index contributed by atoms with van der Waals surface area (Å²) in [5, 5.41) is 11.6. The van der Waals surface area contributed by atoms with Gasteiger partial charge < -0.3 is 14.6 Å². The first kappa shape index (κ1) is 23.4. The topological polar surface area (TPSA) is 84.1 Å². The highest BCUT2D eigenvalue weighted by molar-refractivity contribution is 6.31. The number of hydrogen-bond donors (Lipinski definition) is 1. The molecule has 1 aliphatic carbocycles. The minimum Gasteiger partial charge on any atom is -0.451 e. The maximum atomic E-state index is 13.2. The molecule has 1 aromatic heterocycles. The van der Waals surface area contributed by atoms with Gasteiger partial charge in [0.05, 0.1) is 10.6 Å². The smallest absolute Gasteiger partial charge is 0.417 e. The molecule has 1 aliphatic rings. The standard InChI is InChI=1S/C22H19ClF3N3O3/c1-12-7-14(8-15(10-27)21(31)32-11-20(30)28-16-3-4-16)13(2)29(12)17-5-6-19(23)18(9-17)22(24,25)26/h5-9,16H,3-4,11H2,1-2H3,(H,28,30)/b15-8+. The number of aromatic nitrogens is 1. The lowest BCUT2D eigenvalue weighted by Gasteiger charge is -2.14. The third-order valence-electron chi connectivity index (χ3n) is 4.90. The summed E-state index contributed by atoms with van der Waals surface area (Å²) < 4.78 is 46.2. The Morgan fingerprint density at radius 2 is 2.00 bits per heavy atom. The van der Waals surface area contributed by atoms with E-state index in [0.717, 1.165) is 18.9 Å². The molecule has 1 amide bonds. The molecule has 0 aliphatic heterocycles. The second-order valence-electron chi connectivity index (χ2n) is 7.41. The highest BCUT2D eigenvalue weighted by Crippen LogP contribution is 2.36. The molecular weight excluding hydrogens is 447 g/mol. The van der Waals surface area contributed by atoms with Gasteiger partial charge in [-0.1, -0.05) is 11.6 Å². The monoisotopic (exact) mass is 465 g/mol. The van der Waals surface area contributed by atoms with E-state index >= 15 is 0 Å². The van der Waals surface area contributed by atoms with Crippen LogP contribution in [-0.2, 0) is 20.5 Å². The molecule has 1 aromatic carbocycles. The molecule has 0 radical (unpaired) electrons. The Kier molecular flexibility index (Phi) is 6.65. The number of alkyl halides is 3. The van der Waals surface area contributed by atoms with Crippen molar-refractivity contribution in [1.82, 2.24) is 9.88 Å². The van der Waals surface area contributed by atoms with Crippen LogP contribution in [0, 0.1) is 25.2 Å². The third-order valence-corrected chi connectivity index (χ3v) is 5.23. The molecule has 1 saturated carbocycles. The molecule has 32 heavy (non-hydrogen) atoms. The summed E-state index contributed by atoms with van der Waals surface area (Å²) in [4.78, 5) is 23.9. The van der Waals surface area contributed by atoms with E-state index < -0.39 is 35.2 Å². The minimum absolute atomic E-state index is 0.114. The fourth-order valence-electron chi connectivity index (χ4n) is 3.20. The van der Waals surface area contributed by atoms with Crippen LogP contribution in [-0.4, -0.2) is 29.1 Å². The van der Waals surface area contributed by atoms with Gasteiger partial charge in [0.1, 0.15) is 11.6 Å². The quantitative estimate of drug-likeness (QED) is 0.387. The lowest BCUT2D eigenvalue weighted by atomic mass is 10.1. The van der Waals surface area contributed by atoms with Crippen LogP contribution in [0.5, 0.6) is 0 Å². The van der Waals surface area contributed by atoms with Gasteiger partial charge in [-0.15, -0.1) is 0 Å². The van der Waals surface area contributed by atoms with Gasteiger partial charge >= 0.3 is 12.1 Å². The predicted octanol–water partition coefficient (Wildman–Crippen LogP) is 4.50. The molecule has 0 unspecified atom stereocenters. The van der Waals surface area contributed by atoms with Crippen molar-refractivity contribution in [2.45, 2.75) is 38.9 Å². The lowest BCUT2D eigenvalue weighted by molar-refractivity contribution is -0.144. The molecule has 0 bridgehead atoms. The minimum atomic E-state index is -4.62. The normalized spacial score (nSPS) is 14.1. The average Bonchev–Trinajstić information content (AvgIpc) is 3.48. The van der Waals surface area contributed by atoms with Gasteiger partial charge in [0.2, 0.25) is 0 Å². The molecule has 0 spiro atoms. The van der Waals surface area contributed by atoms with Crippen LogP contribution >= 0.6 is 11.6 Å². The molecule has 1 heterocycles. The van der Waals surface area contributed by atoms with E-state index in [1.807, 2.05) is 0 Å². The number of carbonyl (C=O) groups excluding carboxylic acids is 2. The van der Waals surface area contributed by atoms with Crippen molar-refractivity contribution in [2.75, 3.05) is 6.61 Å². The Hall–Kier alpha value is -3.25. The number of benzene rings is 1. The fraction of sp³-hybridized carbons (Fsp3) is 0.318. The van der Waals surface area contributed by atoms with E-state index in [-0.39, 0.29) is 17.3 Å². The second-order valence-corrected chi connectivity index (χ2v) is 7.82. The molecule has 168 valence electrons. The van der Waals surface area contributed by atoms with Crippen molar-refractivity contribution in [2.24, 2.45) is 0 Å². The molecule has 0 atom stereocenters. The largest absolute Gasteiger partial charge is 0.451 e. The molecule has 0 saturated heterocycles. The van der Waals surface area contributed by atoms with Crippen LogP contribution in [0.15, 0.2) is 29.8 Å². The van der Waals surface area contributed by atoms with Gasteiger partial charge in [-0.3, -0.25) is 4.79 Å². The number of amides is 1. The third kappa shape index (κ3) is 5.32. The predicted molar refractivity (Wildman–Crippen MR) is 111 cm³/mol. The first-order valence-electron chi connectivity index (χ1n) is 9.65. The average molecular weight is 466 g/mol. The van der Waals surface area contributed by atoms with Gasteiger partial charge in [-0.25, -0.2) is 4.79 Å². The van der Waals surface area contributed by atoms with E-state index in [1.165, 1.54) is 18.2 Å². The summed E-state index contributed by atoms with van der Waals surface area (Å²) in [6, 6.07) is 7.03. The maximum Gasteiger partial charge on any atom is 0.417 e. The zero-order valence-corrected chi connectivity index (χ0v) is 18.0. The van der Waals surface area contributed by atoms with Crippen molar-refractivity contribution in [3.63, 3.8) is 0 Å². The Morgan fingerprint density at radius 3 is 2.59 bits per heavy atom. The zero-order chi connectivity index (χ0) is 23.6. The van der Waals surface area contributed by atoms with Crippen LogP contribution in [0.1, 0.15) is 35.4 Å². The molecule has 3 rings (SSSR count). The molecule has 6 nitrogen and oxygen atoms in total. The Labute approximate surface area is 187 Å². The van der Waals surface area contributed by atoms with Gasteiger partial charge in [0, 0.05) is 23.1 Å². The van der Waals surface area contributed by atoms with E-state index in [2.05, 4.69) is 5.32 Å². The van der Waals surface area contributed by atoms with Gasteiger partial charge in [0.25, 0.3) is 5.91 Å². The fourth-order valence-corrected chi connectivity index (χ4v) is 3.42. The molecule has 10 heteroatoms. The highest BCUT2D eigenvalue weighted by Gasteiger charge is 2.33. The van der Waals surface area contributed by atoms with Crippen LogP contribution in [0.25, 0.3) is 11.8 Å². The maximum absolute atomic E-state index is 13.2. The Morgan fingerprint density at radius 1 is 1.31 bits per heavy atom. The van der Waals surface area contributed by atoms with Crippen molar-refractivity contribution in [3.05, 3.63) is 57.4 Å². The van der Waals surface area contributed by atoms with Gasteiger partial charge in [0.15, 0.2) is 6.61 Å². The summed E-state index contributed by atoms with van der Waals surface area (Å²) in [7, 11) is 0. The number of hydrogen-bond acceptors (Lipinski definition) is 4. The van der Waals surface area contributed by atoms with E-state index in [9.17, 15) is 28.0 Å². The summed E-state index contributed by atoms with van der Waals surface area (Å²) in [5.74, 6) is -1.41. The van der Waals surface area contributed by atoms with Crippen molar-refractivity contribution < 1.29 is 27.5 Å². The molecule has 1 fully saturated rings. The van der Waals surface area contributed by atoms with Crippen LogP contribution in [0.2, 0.25) is 5.02 Å². The van der Waals surface area contributed by atoms with Gasteiger partial charge in [-0.2, -0.15) is 18.4 Å². The number of nitriles is 1. The van der Waals surface area contributed by atoms with Gasteiger partial charge in [-0.05, 0) is 62.6 Å². The summed E-state index contributed by atoms with van der Waals surface area (Å²) in [5.41, 5.74) is 0.461. The summed E-state index contributed by atoms with van der Waals surface area (Å²) >= 11 is 5.70. The SMILES string of the molecule is Cc1cc(/C=C(\C#N)C(=O)OCC(=O)NC2CC2)c(C)n1-c1ccc(Cl)c(C(F)(F)F)c1. The number of nitrogens with zero attached hydrogens (tertiary/aromatic N) is 2. The first-order chi connectivity index (χ1) is 15.0. The van der Waals surface area contributed by atoms with Crippen LogP contribution in [0.3, 0.4) is 0 Å². The number of carbonyl (C=O) groups is 2. The van der Waals surface area contributed by atoms with E-state index in [0.29, 0.717) is 17.0 Å². The Balaban J connectivity index is 1.86. The molecular formula is C22H19ClF3N3O3. The number of ether oxygens (including phenoxy) is 1. The first-order valence-corrected chi connectivity index (χ1v) is 10.0. The number of halogens is 4. The molecule has 1 N–H and O–H groups in total.